The molecule has 2 aliphatic heterocycles. The Morgan fingerprint density at radius 1 is 1.14 bits per heavy atom. The van der Waals surface area contributed by atoms with E-state index in [4.69, 9.17) is 21.1 Å². The van der Waals surface area contributed by atoms with E-state index in [1.807, 2.05) is 31.2 Å². The third-order valence-corrected chi connectivity index (χ3v) is 5.39. The van der Waals surface area contributed by atoms with Gasteiger partial charge in [0.05, 0.1) is 24.8 Å². The minimum absolute atomic E-state index is 0.0997. The number of amides is 3. The van der Waals surface area contributed by atoms with Gasteiger partial charge in [-0.3, -0.25) is 9.69 Å². The van der Waals surface area contributed by atoms with E-state index < -0.39 is 11.6 Å². The Balaban J connectivity index is 1.61. The Morgan fingerprint density at radius 2 is 1.86 bits per heavy atom. The number of fused-ring (bicyclic) bond motifs is 1. The number of rotatable bonds is 3. The molecule has 0 bridgehead atoms. The second-order valence-electron chi connectivity index (χ2n) is 7.27. The third-order valence-electron chi connectivity index (χ3n) is 5.11. The molecular weight excluding hydrogens is 380 g/mol. The minimum Gasteiger partial charge on any atom is -0.489 e. The molecule has 146 valence electrons. The molecule has 0 spiro atoms. The third kappa shape index (κ3) is 3.18. The van der Waals surface area contributed by atoms with E-state index in [1.54, 1.807) is 19.1 Å². The first kappa shape index (κ1) is 18.6. The predicted molar refractivity (Wildman–Crippen MR) is 105 cm³/mol. The summed E-state index contributed by atoms with van der Waals surface area (Å²) in [4.78, 5) is 26.9. The number of urea groups is 1. The number of hydrogen-bond acceptors (Lipinski definition) is 4. The van der Waals surface area contributed by atoms with E-state index in [-0.39, 0.29) is 12.5 Å². The number of aryl methyl sites for hydroxylation is 1. The maximum Gasteiger partial charge on any atom is 0.325 e. The number of nitrogens with zero attached hydrogens (tertiary/aromatic N) is 1. The number of hydrogen-bond donors (Lipinski definition) is 1. The van der Waals surface area contributed by atoms with Crippen LogP contribution < -0.4 is 14.8 Å². The molecule has 2 aromatic carbocycles. The van der Waals surface area contributed by atoms with E-state index in [0.29, 0.717) is 35.3 Å². The maximum absolute atomic E-state index is 13.1. The summed E-state index contributed by atoms with van der Waals surface area (Å²) in [5, 5.41) is 3.23. The van der Waals surface area contributed by atoms with Gasteiger partial charge in [0, 0.05) is 6.42 Å². The van der Waals surface area contributed by atoms with Crippen LogP contribution in [0.15, 0.2) is 36.4 Å². The zero-order valence-electron chi connectivity index (χ0n) is 15.8. The normalized spacial score (nSPS) is 21.5. The second-order valence-corrected chi connectivity index (χ2v) is 7.68. The molecule has 1 atom stereocenters. The quantitative estimate of drug-likeness (QED) is 0.796. The summed E-state index contributed by atoms with van der Waals surface area (Å²) < 4.78 is 11.3. The molecular formula is C21H21ClN2O4. The highest BCUT2D eigenvalue weighted by molar-refractivity contribution is 6.32. The first-order valence-electron chi connectivity index (χ1n) is 9.18. The van der Waals surface area contributed by atoms with Crippen molar-refractivity contribution in [1.29, 1.82) is 0 Å². The summed E-state index contributed by atoms with van der Waals surface area (Å²) in [6, 6.07) is 10.6. The molecule has 28 heavy (non-hydrogen) atoms. The zero-order chi connectivity index (χ0) is 19.9. The van der Waals surface area contributed by atoms with Gasteiger partial charge in [-0.25, -0.2) is 4.79 Å². The summed E-state index contributed by atoms with van der Waals surface area (Å²) in [5.74, 6) is 0.738. The Morgan fingerprint density at radius 3 is 2.61 bits per heavy atom. The predicted octanol–water partition coefficient (Wildman–Crippen LogP) is 3.78. The fraction of sp³-hybridized carbons (Fsp3) is 0.333. The molecule has 0 unspecified atom stereocenters. The number of carbonyl (C=O) groups is 2. The lowest BCUT2D eigenvalue weighted by Crippen LogP contribution is -2.40. The Hall–Kier alpha value is -2.73. The zero-order valence-corrected chi connectivity index (χ0v) is 16.5. The van der Waals surface area contributed by atoms with Gasteiger partial charge in [0.1, 0.15) is 5.54 Å². The summed E-state index contributed by atoms with van der Waals surface area (Å²) in [6.07, 6.45) is 0.766. The highest BCUT2D eigenvalue weighted by atomic mass is 35.5. The van der Waals surface area contributed by atoms with Crippen LogP contribution >= 0.6 is 11.6 Å². The van der Waals surface area contributed by atoms with Crippen molar-refractivity contribution in [2.24, 2.45) is 0 Å². The molecule has 1 N–H and O–H groups in total. The first-order chi connectivity index (χ1) is 13.4. The molecule has 0 aliphatic carbocycles. The van der Waals surface area contributed by atoms with Gasteiger partial charge in [-0.2, -0.15) is 0 Å². The summed E-state index contributed by atoms with van der Waals surface area (Å²) in [7, 11) is 0. The lowest BCUT2D eigenvalue weighted by atomic mass is 9.91. The van der Waals surface area contributed by atoms with Gasteiger partial charge in [0.2, 0.25) is 0 Å². The van der Waals surface area contributed by atoms with Crippen molar-refractivity contribution in [1.82, 2.24) is 10.2 Å². The van der Waals surface area contributed by atoms with Gasteiger partial charge < -0.3 is 14.8 Å². The molecule has 2 aromatic rings. The van der Waals surface area contributed by atoms with Crippen LogP contribution in [0.2, 0.25) is 5.02 Å². The van der Waals surface area contributed by atoms with Crippen LogP contribution in [0.5, 0.6) is 11.5 Å². The number of nitrogens with one attached hydrogen (secondary N) is 1. The van der Waals surface area contributed by atoms with E-state index >= 15 is 0 Å². The Kier molecular flexibility index (Phi) is 4.67. The van der Waals surface area contributed by atoms with Crippen LogP contribution in [-0.2, 0) is 16.9 Å². The van der Waals surface area contributed by atoms with Crippen molar-refractivity contribution < 1.29 is 19.1 Å². The standard InChI is InChI=1S/C21H21ClN2O4/c1-13-4-6-15(7-5-13)21(2)19(25)24(20(26)23-21)12-14-10-16(22)18-17(11-14)27-8-3-9-28-18/h4-7,10-11H,3,8-9,12H2,1-2H3,(H,23,26)/t21-/m0/s1. The summed E-state index contributed by atoms with van der Waals surface area (Å²) in [5.41, 5.74) is 1.43. The number of halogens is 1. The van der Waals surface area contributed by atoms with Crippen molar-refractivity contribution in [3.8, 4) is 11.5 Å². The van der Waals surface area contributed by atoms with E-state index in [0.717, 1.165) is 17.5 Å². The van der Waals surface area contributed by atoms with Crippen molar-refractivity contribution in [2.45, 2.75) is 32.4 Å². The lowest BCUT2D eigenvalue weighted by molar-refractivity contribution is -0.131. The Labute approximate surface area is 168 Å². The number of benzene rings is 2. The fourth-order valence-electron chi connectivity index (χ4n) is 3.48. The maximum atomic E-state index is 13.1. The van der Waals surface area contributed by atoms with Gasteiger partial charge in [-0.05, 0) is 37.1 Å². The average molecular weight is 401 g/mol. The fourth-order valence-corrected chi connectivity index (χ4v) is 3.77. The van der Waals surface area contributed by atoms with Gasteiger partial charge in [0.25, 0.3) is 5.91 Å². The van der Waals surface area contributed by atoms with Crippen molar-refractivity contribution >= 4 is 23.5 Å². The number of carbonyl (C=O) groups excluding carboxylic acids is 2. The molecule has 0 aromatic heterocycles. The second kappa shape index (κ2) is 7.02. The molecule has 1 saturated heterocycles. The molecule has 7 heteroatoms. The highest BCUT2D eigenvalue weighted by Gasteiger charge is 2.48. The highest BCUT2D eigenvalue weighted by Crippen LogP contribution is 2.39. The summed E-state index contributed by atoms with van der Waals surface area (Å²) >= 11 is 6.34. The van der Waals surface area contributed by atoms with Crippen molar-refractivity contribution in [2.75, 3.05) is 13.2 Å². The van der Waals surface area contributed by atoms with Gasteiger partial charge >= 0.3 is 6.03 Å². The largest absolute Gasteiger partial charge is 0.489 e. The van der Waals surface area contributed by atoms with E-state index in [2.05, 4.69) is 5.32 Å². The SMILES string of the molecule is Cc1ccc([C@]2(C)NC(=O)N(Cc3cc(Cl)c4c(c3)OCCCO4)C2=O)cc1. The van der Waals surface area contributed by atoms with Gasteiger partial charge in [-0.1, -0.05) is 41.4 Å². The van der Waals surface area contributed by atoms with Crippen molar-refractivity contribution in [3.05, 3.63) is 58.1 Å². The molecule has 0 saturated carbocycles. The van der Waals surface area contributed by atoms with Crippen LogP contribution in [0.25, 0.3) is 0 Å². The first-order valence-corrected chi connectivity index (χ1v) is 9.55. The molecule has 2 aliphatic rings. The molecule has 3 amide bonds. The number of imide groups is 1. The average Bonchev–Trinajstić information content (AvgIpc) is 2.84. The molecule has 2 heterocycles. The van der Waals surface area contributed by atoms with E-state index in [1.165, 1.54) is 4.90 Å². The molecule has 1 fully saturated rings. The van der Waals surface area contributed by atoms with Gasteiger partial charge in [0.15, 0.2) is 11.5 Å². The lowest BCUT2D eigenvalue weighted by Gasteiger charge is -2.22. The molecule has 4 rings (SSSR count). The molecule has 0 radical (unpaired) electrons. The van der Waals surface area contributed by atoms with Crippen LogP contribution in [0, 0.1) is 6.92 Å². The number of ether oxygens (including phenoxy) is 2. The minimum atomic E-state index is -1.10. The van der Waals surface area contributed by atoms with Crippen LogP contribution in [0.4, 0.5) is 4.79 Å². The van der Waals surface area contributed by atoms with Crippen molar-refractivity contribution in [3.63, 3.8) is 0 Å². The van der Waals surface area contributed by atoms with Gasteiger partial charge in [-0.15, -0.1) is 0 Å². The van der Waals surface area contributed by atoms with Crippen LogP contribution in [0.1, 0.15) is 30.0 Å². The molecule has 6 nitrogen and oxygen atoms in total. The smallest absolute Gasteiger partial charge is 0.325 e. The summed E-state index contributed by atoms with van der Waals surface area (Å²) in [6.45, 7) is 4.86. The monoisotopic (exact) mass is 400 g/mol. The van der Waals surface area contributed by atoms with E-state index in [9.17, 15) is 9.59 Å². The van der Waals surface area contributed by atoms with Crippen LogP contribution in [-0.4, -0.2) is 30.1 Å². The Bertz CT molecular complexity index is 944. The van der Waals surface area contributed by atoms with Crippen LogP contribution in [0.3, 0.4) is 0 Å². The topological polar surface area (TPSA) is 67.9 Å².